The highest BCUT2D eigenvalue weighted by atomic mass is 79.9. The molecule has 0 amide bonds. The summed E-state index contributed by atoms with van der Waals surface area (Å²) in [4.78, 5) is 0. The first-order valence-electron chi connectivity index (χ1n) is 9.78. The summed E-state index contributed by atoms with van der Waals surface area (Å²) < 4.78 is 12.9. The SMILES string of the molecule is CC(C)Oc1cc(CNCC2CCNC2)cc(OCc2ccc(Cl)cc2Br)c1. The number of rotatable bonds is 9. The zero-order chi connectivity index (χ0) is 19.9. The van der Waals surface area contributed by atoms with Crippen molar-refractivity contribution >= 4 is 27.5 Å². The van der Waals surface area contributed by atoms with Crippen LogP contribution in [0.2, 0.25) is 5.02 Å². The molecule has 0 aliphatic carbocycles. The predicted octanol–water partition coefficient (Wildman–Crippen LogP) is 5.17. The van der Waals surface area contributed by atoms with Gasteiger partial charge >= 0.3 is 0 Å². The third kappa shape index (κ3) is 6.66. The maximum Gasteiger partial charge on any atom is 0.123 e. The van der Waals surface area contributed by atoms with Crippen molar-refractivity contribution in [2.24, 2.45) is 5.92 Å². The van der Waals surface area contributed by atoms with Crippen LogP contribution < -0.4 is 20.1 Å². The third-order valence-electron chi connectivity index (χ3n) is 4.65. The molecule has 0 bridgehead atoms. The van der Waals surface area contributed by atoms with E-state index in [2.05, 4.69) is 38.7 Å². The fourth-order valence-corrected chi connectivity index (χ4v) is 4.06. The zero-order valence-electron chi connectivity index (χ0n) is 16.4. The first-order chi connectivity index (χ1) is 13.5. The Bertz CT molecular complexity index is 779. The highest BCUT2D eigenvalue weighted by Crippen LogP contribution is 2.27. The molecule has 2 aromatic carbocycles. The van der Waals surface area contributed by atoms with Crippen molar-refractivity contribution in [1.82, 2.24) is 10.6 Å². The van der Waals surface area contributed by atoms with E-state index in [1.165, 1.54) is 6.42 Å². The largest absolute Gasteiger partial charge is 0.491 e. The van der Waals surface area contributed by atoms with Gasteiger partial charge in [0.25, 0.3) is 0 Å². The second-order valence-electron chi connectivity index (χ2n) is 7.49. The molecule has 1 heterocycles. The fourth-order valence-electron chi connectivity index (χ4n) is 3.27. The molecule has 28 heavy (non-hydrogen) atoms. The molecular weight excluding hydrogens is 440 g/mol. The number of hydrogen-bond donors (Lipinski definition) is 2. The molecular formula is C22H28BrClN2O2. The van der Waals surface area contributed by atoms with Crippen LogP contribution in [-0.4, -0.2) is 25.7 Å². The zero-order valence-corrected chi connectivity index (χ0v) is 18.8. The Hall–Kier alpha value is -1.27. The normalized spacial score (nSPS) is 16.5. The highest BCUT2D eigenvalue weighted by Gasteiger charge is 2.14. The monoisotopic (exact) mass is 466 g/mol. The van der Waals surface area contributed by atoms with E-state index >= 15 is 0 Å². The topological polar surface area (TPSA) is 42.5 Å². The molecule has 2 N–H and O–H groups in total. The minimum absolute atomic E-state index is 0.117. The summed E-state index contributed by atoms with van der Waals surface area (Å²) in [5.74, 6) is 2.36. The second kappa shape index (κ2) is 10.5. The van der Waals surface area contributed by atoms with Crippen LogP contribution in [0.1, 0.15) is 31.4 Å². The Morgan fingerprint density at radius 2 is 2.04 bits per heavy atom. The molecule has 152 valence electrons. The highest BCUT2D eigenvalue weighted by molar-refractivity contribution is 9.10. The molecule has 0 radical (unpaired) electrons. The van der Waals surface area contributed by atoms with Crippen LogP contribution in [0.4, 0.5) is 0 Å². The number of hydrogen-bond acceptors (Lipinski definition) is 4. The van der Waals surface area contributed by atoms with Crippen molar-refractivity contribution in [3.63, 3.8) is 0 Å². The molecule has 1 fully saturated rings. The van der Waals surface area contributed by atoms with Crippen molar-refractivity contribution in [3.05, 3.63) is 57.0 Å². The van der Waals surface area contributed by atoms with Gasteiger partial charge in [-0.15, -0.1) is 0 Å². The quantitative estimate of drug-likeness (QED) is 0.534. The number of benzene rings is 2. The molecule has 1 aliphatic heterocycles. The van der Waals surface area contributed by atoms with Gasteiger partial charge in [0.05, 0.1) is 6.10 Å². The van der Waals surface area contributed by atoms with Crippen LogP contribution in [0.3, 0.4) is 0 Å². The van der Waals surface area contributed by atoms with Crippen molar-refractivity contribution in [2.45, 2.75) is 39.5 Å². The van der Waals surface area contributed by atoms with Gasteiger partial charge in [-0.25, -0.2) is 0 Å². The van der Waals surface area contributed by atoms with Gasteiger partial charge in [-0.2, -0.15) is 0 Å². The van der Waals surface area contributed by atoms with Gasteiger partial charge in [0.1, 0.15) is 18.1 Å². The smallest absolute Gasteiger partial charge is 0.123 e. The third-order valence-corrected chi connectivity index (χ3v) is 5.62. The van der Waals surface area contributed by atoms with Gasteiger partial charge in [0, 0.05) is 27.7 Å². The molecule has 1 aliphatic rings. The van der Waals surface area contributed by atoms with E-state index in [0.717, 1.165) is 53.3 Å². The molecule has 2 aromatic rings. The van der Waals surface area contributed by atoms with Crippen LogP contribution in [0.15, 0.2) is 40.9 Å². The summed E-state index contributed by atoms with van der Waals surface area (Å²) in [7, 11) is 0. The molecule has 4 nitrogen and oxygen atoms in total. The average molecular weight is 468 g/mol. The Kier molecular flexibility index (Phi) is 8.03. The molecule has 1 atom stereocenters. The van der Waals surface area contributed by atoms with E-state index in [9.17, 15) is 0 Å². The van der Waals surface area contributed by atoms with E-state index in [0.29, 0.717) is 17.5 Å². The van der Waals surface area contributed by atoms with Crippen molar-refractivity contribution in [3.8, 4) is 11.5 Å². The van der Waals surface area contributed by atoms with Crippen molar-refractivity contribution < 1.29 is 9.47 Å². The molecule has 0 saturated carbocycles. The van der Waals surface area contributed by atoms with Crippen LogP contribution in [0, 0.1) is 5.92 Å². The molecule has 0 spiro atoms. The predicted molar refractivity (Wildman–Crippen MR) is 118 cm³/mol. The van der Waals surface area contributed by atoms with Crippen LogP contribution in [0.5, 0.6) is 11.5 Å². The lowest BCUT2D eigenvalue weighted by atomic mass is 10.1. The number of nitrogens with one attached hydrogen (secondary N) is 2. The number of halogens is 2. The summed E-state index contributed by atoms with van der Waals surface area (Å²) in [6, 6.07) is 11.8. The molecule has 0 aromatic heterocycles. The molecule has 1 saturated heterocycles. The lowest BCUT2D eigenvalue weighted by Gasteiger charge is -2.16. The van der Waals surface area contributed by atoms with Gasteiger partial charge in [0.15, 0.2) is 0 Å². The maximum atomic E-state index is 6.06. The first kappa shape index (κ1) is 21.4. The Balaban J connectivity index is 1.65. The minimum atomic E-state index is 0.117. The maximum absolute atomic E-state index is 6.06. The molecule has 3 rings (SSSR count). The Morgan fingerprint density at radius 1 is 1.21 bits per heavy atom. The van der Waals surface area contributed by atoms with Gasteiger partial charge in [-0.1, -0.05) is 33.6 Å². The van der Waals surface area contributed by atoms with Crippen LogP contribution >= 0.6 is 27.5 Å². The van der Waals surface area contributed by atoms with E-state index in [1.807, 2.05) is 38.1 Å². The standard InChI is InChI=1S/C22H28BrClN2O2/c1-15(2)28-21-8-17(13-26-12-16-5-6-25-11-16)7-20(10-21)27-14-18-3-4-19(24)9-22(18)23/h3-4,7-10,15-16,25-26H,5-6,11-14H2,1-2H3. The van der Waals surface area contributed by atoms with E-state index < -0.39 is 0 Å². The van der Waals surface area contributed by atoms with E-state index in [-0.39, 0.29) is 6.10 Å². The lowest BCUT2D eigenvalue weighted by molar-refractivity contribution is 0.239. The van der Waals surface area contributed by atoms with Gasteiger partial charge in [-0.3, -0.25) is 0 Å². The average Bonchev–Trinajstić information content (AvgIpc) is 3.14. The Morgan fingerprint density at radius 3 is 2.75 bits per heavy atom. The molecule has 1 unspecified atom stereocenters. The fraction of sp³-hybridized carbons (Fsp3) is 0.455. The minimum Gasteiger partial charge on any atom is -0.491 e. The van der Waals surface area contributed by atoms with Crippen LogP contribution in [-0.2, 0) is 13.2 Å². The van der Waals surface area contributed by atoms with Crippen LogP contribution in [0.25, 0.3) is 0 Å². The first-order valence-corrected chi connectivity index (χ1v) is 11.0. The molecule has 6 heteroatoms. The van der Waals surface area contributed by atoms with Crippen molar-refractivity contribution in [2.75, 3.05) is 19.6 Å². The summed E-state index contributed by atoms with van der Waals surface area (Å²) in [6.07, 6.45) is 1.36. The van der Waals surface area contributed by atoms with Gasteiger partial charge < -0.3 is 20.1 Å². The van der Waals surface area contributed by atoms with Crippen molar-refractivity contribution in [1.29, 1.82) is 0 Å². The summed E-state index contributed by atoms with van der Waals surface area (Å²) in [6.45, 7) is 8.58. The van der Waals surface area contributed by atoms with Gasteiger partial charge in [-0.05, 0) is 75.6 Å². The van der Waals surface area contributed by atoms with E-state index in [1.54, 1.807) is 0 Å². The summed E-state index contributed by atoms with van der Waals surface area (Å²) >= 11 is 9.57. The Labute approximate surface area is 181 Å². The van der Waals surface area contributed by atoms with Gasteiger partial charge in [0.2, 0.25) is 0 Å². The number of ether oxygens (including phenoxy) is 2. The van der Waals surface area contributed by atoms with E-state index in [4.69, 9.17) is 21.1 Å². The summed E-state index contributed by atoms with van der Waals surface area (Å²) in [5.41, 5.74) is 2.21. The second-order valence-corrected chi connectivity index (χ2v) is 8.78. The summed E-state index contributed by atoms with van der Waals surface area (Å²) in [5, 5.41) is 7.68. The lowest BCUT2D eigenvalue weighted by Crippen LogP contribution is -2.24.